The van der Waals surface area contributed by atoms with E-state index in [4.69, 9.17) is 9.47 Å². The van der Waals surface area contributed by atoms with Gasteiger partial charge in [0.2, 0.25) is 11.8 Å². The van der Waals surface area contributed by atoms with E-state index >= 15 is 0 Å². The third-order valence-electron chi connectivity index (χ3n) is 6.79. The van der Waals surface area contributed by atoms with Crippen LogP contribution in [-0.4, -0.2) is 78.7 Å². The molecular weight excluding hydrogens is 406 g/mol. The quantitative estimate of drug-likeness (QED) is 0.683. The van der Waals surface area contributed by atoms with Crippen molar-refractivity contribution < 1.29 is 19.1 Å². The zero-order valence-corrected chi connectivity index (χ0v) is 19.1. The molecule has 7 nitrogen and oxygen atoms in total. The Bertz CT molecular complexity index is 905. The van der Waals surface area contributed by atoms with Crippen LogP contribution in [0.15, 0.2) is 30.5 Å². The van der Waals surface area contributed by atoms with Crippen molar-refractivity contribution in [1.82, 2.24) is 14.8 Å². The van der Waals surface area contributed by atoms with E-state index in [1.54, 1.807) is 7.11 Å². The van der Waals surface area contributed by atoms with Gasteiger partial charge in [0.25, 0.3) is 0 Å². The van der Waals surface area contributed by atoms with E-state index in [9.17, 15) is 9.59 Å². The summed E-state index contributed by atoms with van der Waals surface area (Å²) in [6, 6.07) is 8.51. The van der Waals surface area contributed by atoms with Gasteiger partial charge in [-0.05, 0) is 50.2 Å². The highest BCUT2D eigenvalue weighted by atomic mass is 16.5. The molecule has 3 heterocycles. The number of piperidine rings is 1. The standard InChI is InChI=1S/C25H35N3O4/c1-31-18-25(30)28(20-11-14-32-15-12-20)21-7-5-13-27(17-21)24(29)10-4-6-19-16-26-23-9-3-2-8-22(19)23/h2-3,8-9,16,20-21,26H,4-7,10-15,17-18H2,1H3. The van der Waals surface area contributed by atoms with Crippen molar-refractivity contribution in [3.63, 3.8) is 0 Å². The number of likely N-dealkylation sites (tertiary alicyclic amines) is 1. The average molecular weight is 442 g/mol. The van der Waals surface area contributed by atoms with Gasteiger partial charge in [0.1, 0.15) is 6.61 Å². The zero-order valence-electron chi connectivity index (χ0n) is 19.1. The van der Waals surface area contributed by atoms with E-state index in [0.717, 1.165) is 50.6 Å². The number of aromatic amines is 1. The Morgan fingerprint density at radius 1 is 1.19 bits per heavy atom. The number of methoxy groups -OCH3 is 1. The number of benzene rings is 1. The number of nitrogens with one attached hydrogen (secondary N) is 1. The summed E-state index contributed by atoms with van der Waals surface area (Å²) in [6.07, 6.45) is 7.87. The van der Waals surface area contributed by atoms with Crippen molar-refractivity contribution in [3.8, 4) is 0 Å². The second-order valence-electron chi connectivity index (χ2n) is 8.93. The maximum atomic E-state index is 13.0. The third kappa shape index (κ3) is 5.33. The van der Waals surface area contributed by atoms with Gasteiger partial charge in [0.05, 0.1) is 0 Å². The lowest BCUT2D eigenvalue weighted by Crippen LogP contribution is -2.56. The molecule has 0 radical (unpaired) electrons. The predicted octanol–water partition coefficient (Wildman–Crippen LogP) is 3.14. The molecule has 2 amide bonds. The van der Waals surface area contributed by atoms with Crippen molar-refractivity contribution in [2.75, 3.05) is 40.0 Å². The molecule has 1 aromatic heterocycles. The highest BCUT2D eigenvalue weighted by Crippen LogP contribution is 2.25. The Kier molecular flexibility index (Phi) is 7.81. The number of carbonyl (C=O) groups excluding carboxylic acids is 2. The van der Waals surface area contributed by atoms with Gasteiger partial charge in [0, 0.05) is 69.0 Å². The van der Waals surface area contributed by atoms with Crippen LogP contribution in [0.25, 0.3) is 10.9 Å². The summed E-state index contributed by atoms with van der Waals surface area (Å²) in [6.45, 7) is 2.86. The van der Waals surface area contributed by atoms with Crippen LogP contribution >= 0.6 is 0 Å². The van der Waals surface area contributed by atoms with Crippen molar-refractivity contribution in [2.24, 2.45) is 0 Å². The minimum absolute atomic E-state index is 0.0260. The number of H-pyrrole nitrogens is 1. The number of rotatable bonds is 8. The molecule has 1 unspecified atom stereocenters. The summed E-state index contributed by atoms with van der Waals surface area (Å²) in [7, 11) is 1.56. The van der Waals surface area contributed by atoms with Crippen molar-refractivity contribution in [1.29, 1.82) is 0 Å². The number of carbonyl (C=O) groups is 2. The van der Waals surface area contributed by atoms with Crippen LogP contribution < -0.4 is 0 Å². The van der Waals surface area contributed by atoms with Gasteiger partial charge < -0.3 is 24.3 Å². The molecule has 174 valence electrons. The Morgan fingerprint density at radius 3 is 2.81 bits per heavy atom. The van der Waals surface area contributed by atoms with E-state index in [-0.39, 0.29) is 30.5 Å². The first-order valence-corrected chi connectivity index (χ1v) is 11.9. The molecule has 32 heavy (non-hydrogen) atoms. The largest absolute Gasteiger partial charge is 0.381 e. The summed E-state index contributed by atoms with van der Waals surface area (Å²) < 4.78 is 10.7. The van der Waals surface area contributed by atoms with Crippen LogP contribution in [0.2, 0.25) is 0 Å². The fourth-order valence-corrected chi connectivity index (χ4v) is 5.20. The first-order valence-electron chi connectivity index (χ1n) is 11.9. The zero-order chi connectivity index (χ0) is 22.3. The summed E-state index contributed by atoms with van der Waals surface area (Å²) in [5.74, 6) is 0.221. The first kappa shape index (κ1) is 22.8. The fraction of sp³-hybridized carbons (Fsp3) is 0.600. The minimum Gasteiger partial charge on any atom is -0.381 e. The predicted molar refractivity (Wildman–Crippen MR) is 123 cm³/mol. The van der Waals surface area contributed by atoms with Crippen LogP contribution in [0.1, 0.15) is 44.1 Å². The SMILES string of the molecule is COCC(=O)N(C1CCOCC1)C1CCCN(C(=O)CCCc2c[nH]c3ccccc23)C1. The van der Waals surface area contributed by atoms with Crippen LogP contribution in [0.3, 0.4) is 0 Å². The summed E-state index contributed by atoms with van der Waals surface area (Å²) in [5.41, 5.74) is 2.41. The smallest absolute Gasteiger partial charge is 0.249 e. The number of hydrogen-bond donors (Lipinski definition) is 1. The Morgan fingerprint density at radius 2 is 2.00 bits per heavy atom. The molecule has 1 N–H and O–H groups in total. The molecule has 0 aliphatic carbocycles. The maximum Gasteiger partial charge on any atom is 0.249 e. The summed E-state index contributed by atoms with van der Waals surface area (Å²) >= 11 is 0. The monoisotopic (exact) mass is 441 g/mol. The van der Waals surface area contributed by atoms with Crippen molar-refractivity contribution >= 4 is 22.7 Å². The molecule has 0 saturated carbocycles. The van der Waals surface area contributed by atoms with Crippen LogP contribution in [-0.2, 0) is 25.5 Å². The molecule has 2 aliphatic heterocycles. The molecule has 2 aromatic rings. The molecule has 1 atom stereocenters. The summed E-state index contributed by atoms with van der Waals surface area (Å²) in [4.78, 5) is 33.2. The van der Waals surface area contributed by atoms with Crippen molar-refractivity contribution in [3.05, 3.63) is 36.0 Å². The van der Waals surface area contributed by atoms with Gasteiger partial charge in [-0.3, -0.25) is 9.59 Å². The highest BCUT2D eigenvalue weighted by molar-refractivity contribution is 5.83. The van der Waals surface area contributed by atoms with E-state index in [1.807, 2.05) is 21.9 Å². The van der Waals surface area contributed by atoms with E-state index in [0.29, 0.717) is 26.2 Å². The van der Waals surface area contributed by atoms with E-state index in [1.165, 1.54) is 10.9 Å². The molecule has 0 bridgehead atoms. The number of aromatic nitrogens is 1. The molecule has 2 fully saturated rings. The van der Waals surface area contributed by atoms with Crippen LogP contribution in [0.4, 0.5) is 0 Å². The van der Waals surface area contributed by atoms with Gasteiger partial charge in [-0.1, -0.05) is 18.2 Å². The molecule has 0 spiro atoms. The second kappa shape index (κ2) is 11.0. The number of fused-ring (bicyclic) bond motifs is 1. The van der Waals surface area contributed by atoms with Crippen LogP contribution in [0.5, 0.6) is 0 Å². The molecule has 1 aromatic carbocycles. The Labute approximate surface area is 190 Å². The molecule has 4 rings (SSSR count). The number of hydrogen-bond acceptors (Lipinski definition) is 4. The molecule has 7 heteroatoms. The highest BCUT2D eigenvalue weighted by Gasteiger charge is 2.35. The lowest BCUT2D eigenvalue weighted by Gasteiger charge is -2.44. The van der Waals surface area contributed by atoms with Gasteiger partial charge >= 0.3 is 0 Å². The molecular formula is C25H35N3O4. The Balaban J connectivity index is 1.34. The van der Waals surface area contributed by atoms with Crippen LogP contribution in [0, 0.1) is 0 Å². The maximum absolute atomic E-state index is 13.0. The average Bonchev–Trinajstić information content (AvgIpc) is 3.23. The number of aryl methyl sites for hydroxylation is 1. The second-order valence-corrected chi connectivity index (χ2v) is 8.93. The molecule has 2 aliphatic rings. The number of amides is 2. The van der Waals surface area contributed by atoms with Gasteiger partial charge in [-0.25, -0.2) is 0 Å². The van der Waals surface area contributed by atoms with E-state index in [2.05, 4.69) is 23.3 Å². The first-order chi connectivity index (χ1) is 15.7. The number of nitrogens with zero attached hydrogens (tertiary/aromatic N) is 2. The minimum atomic E-state index is 0.0260. The fourth-order valence-electron chi connectivity index (χ4n) is 5.20. The summed E-state index contributed by atoms with van der Waals surface area (Å²) in [5, 5.41) is 1.24. The molecule has 2 saturated heterocycles. The topological polar surface area (TPSA) is 74.9 Å². The van der Waals surface area contributed by atoms with Crippen molar-refractivity contribution in [2.45, 2.75) is 57.0 Å². The van der Waals surface area contributed by atoms with Gasteiger partial charge in [-0.2, -0.15) is 0 Å². The normalized spacial score (nSPS) is 19.9. The lowest BCUT2D eigenvalue weighted by molar-refractivity contribution is -0.147. The van der Waals surface area contributed by atoms with Gasteiger partial charge in [0.15, 0.2) is 0 Å². The third-order valence-corrected chi connectivity index (χ3v) is 6.79. The number of para-hydroxylation sites is 1. The van der Waals surface area contributed by atoms with Gasteiger partial charge in [-0.15, -0.1) is 0 Å². The lowest BCUT2D eigenvalue weighted by atomic mass is 9.98. The Hall–Kier alpha value is -2.38. The number of ether oxygens (including phenoxy) is 2. The van der Waals surface area contributed by atoms with E-state index < -0.39 is 0 Å².